The van der Waals surface area contributed by atoms with Gasteiger partial charge in [-0.25, -0.2) is 0 Å². The van der Waals surface area contributed by atoms with Gasteiger partial charge in [-0.15, -0.1) is 0 Å². The molecule has 1 aromatic rings. The maximum Gasteiger partial charge on any atom is 0.200 e. The van der Waals surface area contributed by atoms with E-state index in [1.54, 1.807) is 0 Å². The lowest BCUT2D eigenvalue weighted by Crippen LogP contribution is -2.41. The van der Waals surface area contributed by atoms with E-state index in [-0.39, 0.29) is 17.8 Å². The molecule has 0 spiro atoms. The third kappa shape index (κ3) is 6.82. The zero-order chi connectivity index (χ0) is 20.2. The van der Waals surface area contributed by atoms with E-state index in [1.807, 2.05) is 0 Å². The van der Waals surface area contributed by atoms with Crippen LogP contribution in [0.1, 0.15) is 92.6 Å². The van der Waals surface area contributed by atoms with Gasteiger partial charge in [0, 0.05) is 6.42 Å². The maximum absolute atomic E-state index is 6.62. The highest BCUT2D eigenvalue weighted by molar-refractivity contribution is 5.29. The molecule has 0 aromatic heterocycles. The molecule has 0 heterocycles. The van der Waals surface area contributed by atoms with Crippen LogP contribution in [0.2, 0.25) is 0 Å². The summed E-state index contributed by atoms with van der Waals surface area (Å²) in [5.74, 6) is 3.47. The van der Waals surface area contributed by atoms with Crippen LogP contribution in [0.15, 0.2) is 24.3 Å². The summed E-state index contributed by atoms with van der Waals surface area (Å²) >= 11 is 0. The Kier molecular flexibility index (Phi) is 7.80. The van der Waals surface area contributed by atoms with Gasteiger partial charge in [0.25, 0.3) is 0 Å². The van der Waals surface area contributed by atoms with E-state index in [9.17, 15) is 0 Å². The summed E-state index contributed by atoms with van der Waals surface area (Å²) in [6.45, 7) is 18.3. The third-order valence-electron chi connectivity index (χ3n) is 6.09. The van der Waals surface area contributed by atoms with Crippen LogP contribution in [0.25, 0.3) is 0 Å². The summed E-state index contributed by atoms with van der Waals surface area (Å²) in [5, 5.41) is 0. The van der Waals surface area contributed by atoms with Crippen LogP contribution >= 0.6 is 0 Å². The maximum atomic E-state index is 6.62. The Bertz CT molecular complexity index is 545. The first kappa shape index (κ1) is 22.3. The number of ether oxygens (including phenoxy) is 2. The summed E-state index contributed by atoms with van der Waals surface area (Å²) in [6, 6.07) is 8.61. The second-order valence-electron chi connectivity index (χ2n) is 10.3. The first-order valence-electron chi connectivity index (χ1n) is 11.0. The van der Waals surface area contributed by atoms with Crippen LogP contribution in [-0.2, 0) is 4.74 Å². The molecule has 2 nitrogen and oxygen atoms in total. The van der Waals surface area contributed by atoms with E-state index in [0.29, 0.717) is 17.8 Å². The van der Waals surface area contributed by atoms with Crippen LogP contribution in [0.4, 0.5) is 0 Å². The molecule has 1 saturated carbocycles. The van der Waals surface area contributed by atoms with Crippen molar-refractivity contribution in [2.75, 3.05) is 0 Å². The second kappa shape index (κ2) is 9.45. The molecule has 1 aromatic carbocycles. The van der Waals surface area contributed by atoms with Crippen LogP contribution < -0.4 is 4.74 Å². The van der Waals surface area contributed by atoms with Gasteiger partial charge in [-0.1, -0.05) is 67.5 Å². The predicted octanol–water partition coefficient (Wildman–Crippen LogP) is 7.43. The van der Waals surface area contributed by atoms with Crippen molar-refractivity contribution < 1.29 is 9.47 Å². The van der Waals surface area contributed by atoms with Gasteiger partial charge >= 0.3 is 0 Å². The molecule has 0 radical (unpaired) electrons. The molecule has 0 saturated heterocycles. The average Bonchev–Trinajstić information content (AvgIpc) is 2.56. The van der Waals surface area contributed by atoms with Crippen molar-refractivity contribution in [1.29, 1.82) is 0 Å². The largest absolute Gasteiger partial charge is 0.465 e. The quantitative estimate of drug-likeness (QED) is 0.462. The number of hydrogen-bond acceptors (Lipinski definition) is 2. The molecule has 4 atom stereocenters. The summed E-state index contributed by atoms with van der Waals surface area (Å²) < 4.78 is 13.0. The van der Waals surface area contributed by atoms with Gasteiger partial charge < -0.3 is 9.47 Å². The zero-order valence-electron chi connectivity index (χ0n) is 18.9. The van der Waals surface area contributed by atoms with Gasteiger partial charge in [0.2, 0.25) is 6.29 Å². The molecule has 1 aliphatic rings. The minimum atomic E-state index is -0.192. The summed E-state index contributed by atoms with van der Waals surface area (Å²) in [4.78, 5) is 0. The van der Waals surface area contributed by atoms with Gasteiger partial charge in [-0.3, -0.25) is 0 Å². The van der Waals surface area contributed by atoms with Crippen LogP contribution in [0.3, 0.4) is 0 Å². The Morgan fingerprint density at radius 1 is 1.00 bits per heavy atom. The fourth-order valence-corrected chi connectivity index (χ4v) is 4.52. The minimum absolute atomic E-state index is 0.162. The summed E-state index contributed by atoms with van der Waals surface area (Å²) in [7, 11) is 0. The third-order valence-corrected chi connectivity index (χ3v) is 6.09. The molecular formula is C25H42O2. The van der Waals surface area contributed by atoms with Crippen LogP contribution in [-0.4, -0.2) is 12.4 Å². The van der Waals surface area contributed by atoms with Crippen molar-refractivity contribution in [3.63, 3.8) is 0 Å². The molecule has 0 aliphatic heterocycles. The highest BCUT2D eigenvalue weighted by Gasteiger charge is 2.35. The number of benzene rings is 1. The highest BCUT2D eigenvalue weighted by Crippen LogP contribution is 2.37. The number of rotatable bonds is 7. The molecule has 2 rings (SSSR count). The Morgan fingerprint density at radius 2 is 1.56 bits per heavy atom. The Morgan fingerprint density at radius 3 is 2.04 bits per heavy atom. The van der Waals surface area contributed by atoms with Gasteiger partial charge in [0.1, 0.15) is 5.75 Å². The lowest BCUT2D eigenvalue weighted by molar-refractivity contribution is -0.173. The minimum Gasteiger partial charge on any atom is -0.465 e. The topological polar surface area (TPSA) is 18.5 Å². The molecular weight excluding hydrogens is 332 g/mol. The van der Waals surface area contributed by atoms with E-state index in [0.717, 1.165) is 24.5 Å². The van der Waals surface area contributed by atoms with E-state index < -0.39 is 0 Å². The van der Waals surface area contributed by atoms with Gasteiger partial charge in [0.05, 0.1) is 6.10 Å². The molecule has 1 fully saturated rings. The summed E-state index contributed by atoms with van der Waals surface area (Å²) in [5.41, 5.74) is 1.54. The van der Waals surface area contributed by atoms with Crippen molar-refractivity contribution in [2.24, 2.45) is 23.2 Å². The van der Waals surface area contributed by atoms with Gasteiger partial charge in [-0.2, -0.15) is 0 Å². The molecule has 0 amide bonds. The van der Waals surface area contributed by atoms with E-state index >= 15 is 0 Å². The molecule has 154 valence electrons. The first-order chi connectivity index (χ1) is 12.6. The molecule has 4 unspecified atom stereocenters. The molecule has 27 heavy (non-hydrogen) atoms. The summed E-state index contributed by atoms with van der Waals surface area (Å²) in [6.07, 6.45) is 4.65. The first-order valence-corrected chi connectivity index (χ1v) is 11.0. The van der Waals surface area contributed by atoms with Crippen molar-refractivity contribution in [3.8, 4) is 5.75 Å². The van der Waals surface area contributed by atoms with Crippen molar-refractivity contribution in [1.82, 2.24) is 0 Å². The fraction of sp³-hybridized carbons (Fsp3) is 0.760. The monoisotopic (exact) mass is 374 g/mol. The van der Waals surface area contributed by atoms with E-state index in [2.05, 4.69) is 79.7 Å². The van der Waals surface area contributed by atoms with Crippen LogP contribution in [0.5, 0.6) is 5.75 Å². The fourth-order valence-electron chi connectivity index (χ4n) is 4.52. The van der Waals surface area contributed by atoms with E-state index in [1.165, 1.54) is 18.4 Å². The van der Waals surface area contributed by atoms with Crippen molar-refractivity contribution >= 4 is 0 Å². The Balaban J connectivity index is 2.10. The van der Waals surface area contributed by atoms with Crippen molar-refractivity contribution in [3.05, 3.63) is 29.8 Å². The van der Waals surface area contributed by atoms with E-state index in [4.69, 9.17) is 9.47 Å². The van der Waals surface area contributed by atoms with Crippen molar-refractivity contribution in [2.45, 2.75) is 99.4 Å². The van der Waals surface area contributed by atoms with Crippen LogP contribution in [0, 0.1) is 23.2 Å². The molecule has 0 N–H and O–H groups in total. The SMILES string of the molecule is CCC(C)c1ccc(OC(CC(C)(C)C)OC2C(C)CC(C)CC2C)cc1. The standard InChI is InChI=1S/C25H42O2/c1-9-18(3)21-10-12-22(13-11-21)26-23(16-25(6,7)8)27-24-19(4)14-17(2)15-20(24)5/h10-13,17-20,23-24H,9,14-16H2,1-8H3. The Hall–Kier alpha value is -1.02. The molecule has 0 bridgehead atoms. The highest BCUT2D eigenvalue weighted by atomic mass is 16.7. The van der Waals surface area contributed by atoms with Gasteiger partial charge in [0.15, 0.2) is 0 Å². The molecule has 1 aliphatic carbocycles. The zero-order valence-corrected chi connectivity index (χ0v) is 18.9. The lowest BCUT2D eigenvalue weighted by atomic mass is 9.75. The smallest absolute Gasteiger partial charge is 0.200 e. The molecule has 2 heteroatoms. The normalized spacial score (nSPS) is 28.6. The predicted molar refractivity (Wildman–Crippen MR) is 115 cm³/mol. The Labute approximate surface area is 168 Å². The average molecular weight is 375 g/mol. The lowest BCUT2D eigenvalue weighted by Gasteiger charge is -2.40. The van der Waals surface area contributed by atoms with Gasteiger partial charge in [-0.05, 0) is 66.0 Å². The number of hydrogen-bond donors (Lipinski definition) is 0. The second-order valence-corrected chi connectivity index (χ2v) is 10.3.